The Hall–Kier alpha value is -3.07. The molecule has 1 aliphatic carbocycles. The molecule has 0 bridgehead atoms. The van der Waals surface area contributed by atoms with Gasteiger partial charge in [0.1, 0.15) is 0 Å². The average Bonchev–Trinajstić information content (AvgIpc) is 2.76. The summed E-state index contributed by atoms with van der Waals surface area (Å²) in [6.07, 6.45) is 4.51. The van der Waals surface area contributed by atoms with Crippen molar-refractivity contribution in [2.75, 3.05) is 12.3 Å². The summed E-state index contributed by atoms with van der Waals surface area (Å²) in [4.78, 5) is 23.0. The molecule has 3 amide bonds. The van der Waals surface area contributed by atoms with Crippen LogP contribution in [0.4, 0.5) is 10.5 Å². The lowest BCUT2D eigenvalue weighted by Crippen LogP contribution is -2.50. The summed E-state index contributed by atoms with van der Waals surface area (Å²) in [5.74, 6) is -0.431. The first-order chi connectivity index (χ1) is 14.8. The van der Waals surface area contributed by atoms with Gasteiger partial charge in [0.2, 0.25) is 5.91 Å². The fourth-order valence-electron chi connectivity index (χ4n) is 3.37. The van der Waals surface area contributed by atoms with E-state index in [4.69, 9.17) is 11.5 Å². The number of benzene rings is 2. The minimum absolute atomic E-state index is 0.168. The Morgan fingerprint density at radius 1 is 1.00 bits per heavy atom. The molecule has 1 aliphatic rings. The maximum absolute atomic E-state index is 12.8. The molecule has 31 heavy (non-hydrogen) atoms. The van der Waals surface area contributed by atoms with E-state index in [1.54, 1.807) is 49.4 Å². The van der Waals surface area contributed by atoms with Gasteiger partial charge in [0, 0.05) is 17.8 Å². The van der Waals surface area contributed by atoms with Gasteiger partial charge < -0.3 is 16.8 Å². The van der Waals surface area contributed by atoms with Gasteiger partial charge in [-0.05, 0) is 56.2 Å². The highest BCUT2D eigenvalue weighted by Crippen LogP contribution is 2.27. The van der Waals surface area contributed by atoms with Crippen LogP contribution in [0.15, 0.2) is 59.5 Å². The molecule has 3 rings (SSSR count). The van der Waals surface area contributed by atoms with E-state index in [0.29, 0.717) is 17.8 Å². The first-order valence-corrected chi connectivity index (χ1v) is 11.7. The number of amides is 3. The molecule has 0 atom stereocenters. The molecular formula is C22H30N4O4S. The van der Waals surface area contributed by atoms with Gasteiger partial charge in [-0.3, -0.25) is 4.79 Å². The third-order valence-corrected chi connectivity index (χ3v) is 6.78. The third kappa shape index (κ3) is 6.71. The zero-order valence-corrected chi connectivity index (χ0v) is 18.5. The van der Waals surface area contributed by atoms with Crippen LogP contribution in [0.3, 0.4) is 0 Å². The topological polar surface area (TPSA) is 136 Å². The summed E-state index contributed by atoms with van der Waals surface area (Å²) >= 11 is 0. The van der Waals surface area contributed by atoms with Gasteiger partial charge in [-0.15, -0.1) is 0 Å². The van der Waals surface area contributed by atoms with E-state index < -0.39 is 22.0 Å². The molecule has 0 heterocycles. The summed E-state index contributed by atoms with van der Waals surface area (Å²) < 4.78 is 26.7. The molecule has 0 spiro atoms. The number of nitrogens with one attached hydrogen (secondary N) is 1. The van der Waals surface area contributed by atoms with Crippen molar-refractivity contribution >= 4 is 27.6 Å². The van der Waals surface area contributed by atoms with E-state index in [1.807, 2.05) is 0 Å². The van der Waals surface area contributed by atoms with Gasteiger partial charge in [0.15, 0.2) is 0 Å². The fraction of sp³-hybridized carbons (Fsp3) is 0.364. The lowest BCUT2D eigenvalue weighted by molar-refractivity contribution is 0.1000. The Morgan fingerprint density at radius 3 is 2.10 bits per heavy atom. The molecule has 9 heteroatoms. The highest BCUT2D eigenvalue weighted by molar-refractivity contribution is 7.89. The number of nitrogens with two attached hydrogens (primary N) is 2. The summed E-state index contributed by atoms with van der Waals surface area (Å²) in [5, 5.41) is 2.63. The largest absolute Gasteiger partial charge is 0.399 e. The molecule has 0 unspecified atom stereocenters. The van der Waals surface area contributed by atoms with E-state index in [9.17, 15) is 18.0 Å². The molecule has 0 aliphatic heterocycles. The minimum atomic E-state index is -3.80. The number of rotatable bonds is 5. The molecule has 0 aromatic heterocycles. The second-order valence-corrected chi connectivity index (χ2v) is 9.04. The average molecular weight is 447 g/mol. The van der Waals surface area contributed by atoms with Crippen LogP contribution in [0.25, 0.3) is 0 Å². The van der Waals surface area contributed by atoms with Crippen LogP contribution in [0, 0.1) is 0 Å². The van der Waals surface area contributed by atoms with Gasteiger partial charge in [0.25, 0.3) is 10.0 Å². The molecule has 1 saturated carbocycles. The fourth-order valence-corrected chi connectivity index (χ4v) is 4.98. The summed E-state index contributed by atoms with van der Waals surface area (Å²) in [6, 6.07) is 13.9. The number of carbonyl (C=O) groups is 2. The first kappa shape index (κ1) is 24.2. The number of urea groups is 1. The number of sulfonamides is 1. The van der Waals surface area contributed by atoms with E-state index in [1.165, 1.54) is 12.1 Å². The van der Waals surface area contributed by atoms with Crippen molar-refractivity contribution in [3.05, 3.63) is 60.2 Å². The van der Waals surface area contributed by atoms with Crippen molar-refractivity contribution in [1.29, 1.82) is 0 Å². The van der Waals surface area contributed by atoms with Crippen LogP contribution in [0.5, 0.6) is 0 Å². The van der Waals surface area contributed by atoms with Gasteiger partial charge in [0.05, 0.1) is 10.9 Å². The molecule has 0 saturated heterocycles. The Balaban J connectivity index is 0.000000285. The van der Waals surface area contributed by atoms with Crippen LogP contribution in [0.1, 0.15) is 49.4 Å². The molecule has 8 nitrogen and oxygen atoms in total. The molecule has 168 valence electrons. The molecule has 2 aromatic rings. The van der Waals surface area contributed by atoms with Crippen LogP contribution in [-0.4, -0.2) is 37.2 Å². The Bertz CT molecular complexity index is 957. The second kappa shape index (κ2) is 11.4. The highest BCUT2D eigenvalue weighted by atomic mass is 32.2. The number of nitrogen functional groups attached to an aromatic ring is 1. The maximum Gasteiger partial charge on any atom is 0.331 e. The number of carbonyl (C=O) groups excluding carboxylic acids is 2. The van der Waals surface area contributed by atoms with Crippen LogP contribution in [0.2, 0.25) is 0 Å². The van der Waals surface area contributed by atoms with E-state index in [-0.39, 0.29) is 10.9 Å². The van der Waals surface area contributed by atoms with Crippen molar-refractivity contribution in [2.24, 2.45) is 5.73 Å². The number of hydrogen-bond donors (Lipinski definition) is 3. The number of hydrogen-bond acceptors (Lipinski definition) is 5. The predicted octanol–water partition coefficient (Wildman–Crippen LogP) is 3.11. The summed E-state index contributed by atoms with van der Waals surface area (Å²) in [6.45, 7) is 2.19. The zero-order valence-electron chi connectivity index (χ0n) is 17.7. The van der Waals surface area contributed by atoms with Crippen molar-refractivity contribution in [3.63, 3.8) is 0 Å². The third-order valence-electron chi connectivity index (χ3n) is 4.93. The zero-order chi connectivity index (χ0) is 22.9. The van der Waals surface area contributed by atoms with Gasteiger partial charge in [-0.25, -0.2) is 17.5 Å². The minimum Gasteiger partial charge on any atom is -0.399 e. The predicted molar refractivity (Wildman–Crippen MR) is 121 cm³/mol. The SMILES string of the molecule is CCNC(=O)N(C1CCCCC1)S(=O)(=O)c1ccccc1.NC(=O)c1ccc(N)cc1. The molecule has 5 N–H and O–H groups in total. The van der Waals surface area contributed by atoms with E-state index in [0.717, 1.165) is 36.4 Å². The van der Waals surface area contributed by atoms with Crippen LogP contribution in [-0.2, 0) is 10.0 Å². The Morgan fingerprint density at radius 2 is 1.58 bits per heavy atom. The van der Waals surface area contributed by atoms with E-state index >= 15 is 0 Å². The Labute approximate surface area is 183 Å². The maximum atomic E-state index is 12.8. The lowest BCUT2D eigenvalue weighted by Gasteiger charge is -2.33. The quantitative estimate of drug-likeness (QED) is 0.606. The summed E-state index contributed by atoms with van der Waals surface area (Å²) in [7, 11) is -3.80. The standard InChI is InChI=1S/C15H22N2O3S.C7H8N2O/c1-2-16-15(18)17(13-9-5-3-6-10-13)21(19,20)14-11-7-4-8-12-14;8-6-3-1-5(2-4-6)7(9)10/h4,7-8,11-13H,2-3,5-6,9-10H2,1H3,(H,16,18);1-4H,8H2,(H2,9,10). The van der Waals surface area contributed by atoms with Gasteiger partial charge >= 0.3 is 6.03 Å². The smallest absolute Gasteiger partial charge is 0.331 e. The monoisotopic (exact) mass is 446 g/mol. The van der Waals surface area contributed by atoms with Crippen LogP contribution < -0.4 is 16.8 Å². The molecular weight excluding hydrogens is 416 g/mol. The first-order valence-electron chi connectivity index (χ1n) is 10.3. The number of anilines is 1. The second-order valence-electron chi connectivity index (χ2n) is 7.23. The van der Waals surface area contributed by atoms with Crippen molar-refractivity contribution < 1.29 is 18.0 Å². The van der Waals surface area contributed by atoms with Crippen molar-refractivity contribution in [2.45, 2.75) is 50.0 Å². The van der Waals surface area contributed by atoms with Crippen LogP contribution >= 0.6 is 0 Å². The summed E-state index contributed by atoms with van der Waals surface area (Å²) in [5.41, 5.74) is 11.5. The number of primary amides is 1. The van der Waals surface area contributed by atoms with Crippen molar-refractivity contribution in [1.82, 2.24) is 9.62 Å². The Kier molecular flexibility index (Phi) is 8.87. The number of nitrogens with zero attached hydrogens (tertiary/aromatic N) is 1. The lowest BCUT2D eigenvalue weighted by atomic mass is 9.96. The highest BCUT2D eigenvalue weighted by Gasteiger charge is 2.35. The van der Waals surface area contributed by atoms with Gasteiger partial charge in [-0.1, -0.05) is 37.5 Å². The molecule has 1 fully saturated rings. The molecule has 2 aromatic carbocycles. The van der Waals surface area contributed by atoms with E-state index in [2.05, 4.69) is 5.32 Å². The van der Waals surface area contributed by atoms with Gasteiger partial charge in [-0.2, -0.15) is 0 Å². The normalized spacial score (nSPS) is 14.1. The molecule has 0 radical (unpaired) electrons. The van der Waals surface area contributed by atoms with Crippen molar-refractivity contribution in [3.8, 4) is 0 Å².